The van der Waals surface area contributed by atoms with Gasteiger partial charge in [-0.15, -0.1) is 0 Å². The molecule has 1 aromatic carbocycles. The van der Waals surface area contributed by atoms with E-state index in [2.05, 4.69) is 15.1 Å². The van der Waals surface area contributed by atoms with Crippen molar-refractivity contribution in [3.63, 3.8) is 0 Å². The number of alkyl halides is 3. The molecule has 0 spiro atoms. The minimum absolute atomic E-state index is 0.0143. The highest BCUT2D eigenvalue weighted by Crippen LogP contribution is 2.31. The summed E-state index contributed by atoms with van der Waals surface area (Å²) in [4.78, 5) is 7.85. The van der Waals surface area contributed by atoms with E-state index in [1.54, 1.807) is 18.2 Å². The van der Waals surface area contributed by atoms with Gasteiger partial charge in [-0.25, -0.2) is 9.97 Å². The quantitative estimate of drug-likeness (QED) is 0.651. The summed E-state index contributed by atoms with van der Waals surface area (Å²) in [5.74, 6) is 0.283. The van der Waals surface area contributed by atoms with Crippen LogP contribution in [0.5, 0.6) is 11.8 Å². The molecule has 0 unspecified atom stereocenters. The molecule has 0 fully saturated rings. The zero-order valence-corrected chi connectivity index (χ0v) is 13.9. The molecule has 26 heavy (non-hydrogen) atoms. The Bertz CT molecular complexity index is 963. The third-order valence-corrected chi connectivity index (χ3v) is 3.66. The third-order valence-electron chi connectivity index (χ3n) is 3.47. The van der Waals surface area contributed by atoms with Gasteiger partial charge in [-0.3, -0.25) is 4.68 Å². The Morgan fingerprint density at radius 1 is 1.23 bits per heavy atom. The fourth-order valence-corrected chi connectivity index (χ4v) is 2.51. The summed E-state index contributed by atoms with van der Waals surface area (Å²) < 4.78 is 44.2. The summed E-state index contributed by atoms with van der Waals surface area (Å²) in [6.07, 6.45) is -2.66. The molecule has 3 aromatic rings. The molecule has 3 rings (SSSR count). The zero-order valence-electron chi connectivity index (χ0n) is 13.2. The van der Waals surface area contributed by atoms with Crippen molar-refractivity contribution in [3.05, 3.63) is 41.3 Å². The molecular formula is C16H11ClF3N5O. The molecule has 0 bridgehead atoms. The third kappa shape index (κ3) is 4.03. The average molecular weight is 382 g/mol. The lowest BCUT2D eigenvalue weighted by molar-refractivity contribution is -0.135. The molecule has 0 saturated carbocycles. The topological polar surface area (TPSA) is 76.6 Å². The number of nitrogens with zero attached hydrogens (tertiary/aromatic N) is 5. The summed E-state index contributed by atoms with van der Waals surface area (Å²) in [5, 5.41) is 14.1. The van der Waals surface area contributed by atoms with E-state index in [4.69, 9.17) is 16.3 Å². The van der Waals surface area contributed by atoms with E-state index in [1.165, 1.54) is 17.1 Å². The van der Waals surface area contributed by atoms with Crippen LogP contribution in [0.1, 0.15) is 18.5 Å². The second-order valence-electron chi connectivity index (χ2n) is 5.34. The van der Waals surface area contributed by atoms with Gasteiger partial charge in [0, 0.05) is 18.4 Å². The molecule has 10 heteroatoms. The lowest BCUT2D eigenvalue weighted by atomic mass is 10.2. The number of rotatable bonds is 5. The van der Waals surface area contributed by atoms with Gasteiger partial charge >= 0.3 is 12.2 Å². The number of ether oxygens (including phenoxy) is 1. The van der Waals surface area contributed by atoms with Gasteiger partial charge in [-0.2, -0.15) is 23.5 Å². The fourth-order valence-electron chi connectivity index (χ4n) is 2.41. The summed E-state index contributed by atoms with van der Waals surface area (Å²) in [6.45, 7) is -0.0143. The second-order valence-corrected chi connectivity index (χ2v) is 5.78. The molecule has 0 radical (unpaired) electrons. The number of hydrogen-bond acceptors (Lipinski definition) is 5. The Labute approximate surface area is 150 Å². The minimum atomic E-state index is -4.25. The molecule has 0 aliphatic rings. The van der Waals surface area contributed by atoms with Crippen LogP contribution in [0.2, 0.25) is 5.02 Å². The predicted molar refractivity (Wildman–Crippen MR) is 86.9 cm³/mol. The average Bonchev–Trinajstić information content (AvgIpc) is 2.95. The standard InChI is InChI=1S/C16H11ClF3N5O/c17-10-8-22-15(23-9-10)26-13-4-1-3-11-12(7-21)24-25(14(11)13)6-2-5-16(18,19)20/h1,3-4,8-9H,2,5-6H2. The number of hydrogen-bond donors (Lipinski definition) is 0. The number of aromatic nitrogens is 4. The number of para-hydroxylation sites is 1. The van der Waals surface area contributed by atoms with E-state index in [0.29, 0.717) is 15.9 Å². The van der Waals surface area contributed by atoms with Gasteiger partial charge in [0.1, 0.15) is 11.6 Å². The van der Waals surface area contributed by atoms with E-state index in [-0.39, 0.29) is 30.4 Å². The van der Waals surface area contributed by atoms with Crippen molar-refractivity contribution >= 4 is 22.5 Å². The number of nitriles is 1. The lowest BCUT2D eigenvalue weighted by Crippen LogP contribution is -2.10. The molecule has 0 aliphatic heterocycles. The Balaban J connectivity index is 1.96. The normalized spacial score (nSPS) is 11.5. The number of benzene rings is 1. The molecule has 0 amide bonds. The Hall–Kier alpha value is -2.86. The van der Waals surface area contributed by atoms with Crippen molar-refractivity contribution in [2.75, 3.05) is 0 Å². The first-order valence-electron chi connectivity index (χ1n) is 7.49. The van der Waals surface area contributed by atoms with E-state index in [0.717, 1.165) is 0 Å². The number of halogens is 4. The lowest BCUT2D eigenvalue weighted by Gasteiger charge is -2.09. The van der Waals surface area contributed by atoms with Gasteiger partial charge in [0.2, 0.25) is 0 Å². The minimum Gasteiger partial charge on any atom is -0.422 e. The van der Waals surface area contributed by atoms with Crippen LogP contribution >= 0.6 is 11.6 Å². The highest BCUT2D eigenvalue weighted by atomic mass is 35.5. The molecule has 6 nitrogen and oxygen atoms in total. The maximum atomic E-state index is 12.4. The predicted octanol–water partition coefficient (Wildman–Crippen LogP) is 4.49. The van der Waals surface area contributed by atoms with Crippen molar-refractivity contribution in [1.82, 2.24) is 19.7 Å². The summed E-state index contributed by atoms with van der Waals surface area (Å²) >= 11 is 5.73. The SMILES string of the molecule is N#Cc1nn(CCCC(F)(F)F)c2c(Oc3ncc(Cl)cn3)cccc12. The maximum Gasteiger partial charge on any atom is 0.389 e. The maximum absolute atomic E-state index is 12.4. The highest BCUT2D eigenvalue weighted by Gasteiger charge is 2.26. The smallest absolute Gasteiger partial charge is 0.389 e. The molecule has 0 N–H and O–H groups in total. The van der Waals surface area contributed by atoms with E-state index >= 15 is 0 Å². The van der Waals surface area contributed by atoms with E-state index in [1.807, 2.05) is 6.07 Å². The van der Waals surface area contributed by atoms with Gasteiger partial charge in [0.15, 0.2) is 11.4 Å². The van der Waals surface area contributed by atoms with Crippen molar-refractivity contribution in [2.45, 2.75) is 25.6 Å². The zero-order chi connectivity index (χ0) is 18.7. The number of aryl methyl sites for hydroxylation is 1. The van der Waals surface area contributed by atoms with Gasteiger partial charge in [-0.05, 0) is 18.6 Å². The summed E-state index contributed by atoms with van der Waals surface area (Å²) in [5.41, 5.74) is 0.513. The molecule has 2 heterocycles. The molecule has 0 saturated heterocycles. The van der Waals surface area contributed by atoms with Gasteiger partial charge < -0.3 is 4.74 Å². The van der Waals surface area contributed by atoms with Crippen molar-refractivity contribution in [3.8, 4) is 17.8 Å². The second kappa shape index (κ2) is 7.17. The first-order valence-corrected chi connectivity index (χ1v) is 7.87. The Kier molecular flexibility index (Phi) is 4.95. The van der Waals surface area contributed by atoms with Gasteiger partial charge in [0.25, 0.3) is 0 Å². The summed E-state index contributed by atoms with van der Waals surface area (Å²) in [6, 6.07) is 6.85. The molecule has 2 aromatic heterocycles. The van der Waals surface area contributed by atoms with Crippen molar-refractivity contribution < 1.29 is 17.9 Å². The van der Waals surface area contributed by atoms with E-state index in [9.17, 15) is 18.4 Å². The van der Waals surface area contributed by atoms with Crippen LogP contribution in [0.4, 0.5) is 13.2 Å². The fraction of sp³-hybridized carbons (Fsp3) is 0.250. The van der Waals surface area contributed by atoms with Crippen molar-refractivity contribution in [1.29, 1.82) is 5.26 Å². The molecule has 0 atom stereocenters. The first kappa shape index (κ1) is 17.9. The number of fused-ring (bicyclic) bond motifs is 1. The van der Waals surface area contributed by atoms with Crippen LogP contribution in [-0.2, 0) is 6.54 Å². The molecule has 0 aliphatic carbocycles. The van der Waals surface area contributed by atoms with Gasteiger partial charge in [-0.1, -0.05) is 17.7 Å². The van der Waals surface area contributed by atoms with Crippen LogP contribution < -0.4 is 4.74 Å². The monoisotopic (exact) mass is 381 g/mol. The van der Waals surface area contributed by atoms with Crippen LogP contribution in [0.3, 0.4) is 0 Å². The van der Waals surface area contributed by atoms with Crippen LogP contribution in [0.25, 0.3) is 10.9 Å². The Morgan fingerprint density at radius 2 is 1.96 bits per heavy atom. The van der Waals surface area contributed by atoms with Crippen LogP contribution in [0, 0.1) is 11.3 Å². The van der Waals surface area contributed by atoms with Crippen molar-refractivity contribution in [2.24, 2.45) is 0 Å². The Morgan fingerprint density at radius 3 is 2.62 bits per heavy atom. The first-order chi connectivity index (χ1) is 12.4. The van der Waals surface area contributed by atoms with Crippen LogP contribution in [0.15, 0.2) is 30.6 Å². The van der Waals surface area contributed by atoms with E-state index < -0.39 is 12.6 Å². The van der Waals surface area contributed by atoms with Crippen LogP contribution in [-0.4, -0.2) is 25.9 Å². The molecule has 134 valence electrons. The van der Waals surface area contributed by atoms with Gasteiger partial charge in [0.05, 0.1) is 17.4 Å². The summed E-state index contributed by atoms with van der Waals surface area (Å²) in [7, 11) is 0. The largest absolute Gasteiger partial charge is 0.422 e. The highest BCUT2D eigenvalue weighted by molar-refractivity contribution is 6.30. The molecular weight excluding hydrogens is 371 g/mol.